The highest BCUT2D eigenvalue weighted by molar-refractivity contribution is 7.91. The van der Waals surface area contributed by atoms with Crippen LogP contribution in [0.25, 0.3) is 0 Å². The lowest BCUT2D eigenvalue weighted by Crippen LogP contribution is -2.43. The first-order valence-corrected chi connectivity index (χ1v) is 8.02. The number of nitrogens with two attached hydrogens (primary N) is 1. The van der Waals surface area contributed by atoms with Gasteiger partial charge in [-0.3, -0.25) is 9.69 Å². The standard InChI is InChI=1S/C11H23N3O3S/c1-13(6-3-5-12)8-11(15)14(2)10-4-7-18(16,17)9-10/h10H,3-9,12H2,1-2H3. The zero-order chi connectivity index (χ0) is 13.8. The van der Waals surface area contributed by atoms with Crippen LogP contribution >= 0.6 is 0 Å². The zero-order valence-electron chi connectivity index (χ0n) is 11.1. The van der Waals surface area contributed by atoms with Crippen LogP contribution in [0.15, 0.2) is 0 Å². The summed E-state index contributed by atoms with van der Waals surface area (Å²) in [6.07, 6.45) is 1.41. The minimum absolute atomic E-state index is 0.0309. The van der Waals surface area contributed by atoms with Crippen LogP contribution in [0.2, 0.25) is 0 Å². The Morgan fingerprint density at radius 3 is 2.56 bits per heavy atom. The lowest BCUT2D eigenvalue weighted by atomic mass is 10.2. The second-order valence-corrected chi connectivity index (χ2v) is 7.17. The van der Waals surface area contributed by atoms with Crippen LogP contribution in [0.3, 0.4) is 0 Å². The summed E-state index contributed by atoms with van der Waals surface area (Å²) in [5.41, 5.74) is 5.41. The minimum Gasteiger partial charge on any atom is -0.341 e. The Labute approximate surface area is 109 Å². The van der Waals surface area contributed by atoms with Crippen molar-refractivity contribution in [2.75, 3.05) is 45.2 Å². The summed E-state index contributed by atoms with van der Waals surface area (Å²) in [7, 11) is 0.612. The van der Waals surface area contributed by atoms with Crippen molar-refractivity contribution < 1.29 is 13.2 Å². The van der Waals surface area contributed by atoms with E-state index in [9.17, 15) is 13.2 Å². The van der Waals surface area contributed by atoms with Gasteiger partial charge in [0.25, 0.3) is 0 Å². The van der Waals surface area contributed by atoms with Crippen molar-refractivity contribution >= 4 is 15.7 Å². The molecule has 1 fully saturated rings. The van der Waals surface area contributed by atoms with Crippen molar-refractivity contribution in [3.63, 3.8) is 0 Å². The van der Waals surface area contributed by atoms with E-state index in [0.29, 0.717) is 19.5 Å². The van der Waals surface area contributed by atoms with Gasteiger partial charge in [-0.05, 0) is 33.0 Å². The van der Waals surface area contributed by atoms with Crippen molar-refractivity contribution in [3.8, 4) is 0 Å². The summed E-state index contributed by atoms with van der Waals surface area (Å²) >= 11 is 0. The van der Waals surface area contributed by atoms with E-state index in [2.05, 4.69) is 0 Å². The van der Waals surface area contributed by atoms with Crippen LogP contribution in [-0.2, 0) is 14.6 Å². The van der Waals surface area contributed by atoms with Gasteiger partial charge in [0.2, 0.25) is 5.91 Å². The fourth-order valence-corrected chi connectivity index (χ4v) is 3.84. The number of nitrogens with zero attached hydrogens (tertiary/aromatic N) is 2. The van der Waals surface area contributed by atoms with Gasteiger partial charge >= 0.3 is 0 Å². The summed E-state index contributed by atoms with van der Waals surface area (Å²) in [5.74, 6) is 0.261. The van der Waals surface area contributed by atoms with Crippen LogP contribution in [0, 0.1) is 0 Å². The summed E-state index contributed by atoms with van der Waals surface area (Å²) in [4.78, 5) is 15.5. The number of rotatable bonds is 6. The molecule has 1 unspecified atom stereocenters. The minimum atomic E-state index is -2.94. The third-order valence-corrected chi connectivity index (χ3v) is 5.05. The van der Waals surface area contributed by atoms with E-state index < -0.39 is 9.84 Å². The monoisotopic (exact) mass is 277 g/mol. The average molecular weight is 277 g/mol. The molecule has 0 spiro atoms. The maximum absolute atomic E-state index is 12.0. The predicted octanol–water partition coefficient (Wildman–Crippen LogP) is -1.09. The van der Waals surface area contributed by atoms with E-state index in [1.807, 2.05) is 11.9 Å². The van der Waals surface area contributed by atoms with Crippen molar-refractivity contribution in [2.45, 2.75) is 18.9 Å². The van der Waals surface area contributed by atoms with Gasteiger partial charge in [-0.15, -0.1) is 0 Å². The van der Waals surface area contributed by atoms with Gasteiger partial charge in [-0.25, -0.2) is 8.42 Å². The molecule has 1 aliphatic heterocycles. The Kier molecular flexibility index (Phi) is 5.55. The molecule has 0 aliphatic carbocycles. The van der Waals surface area contributed by atoms with Crippen molar-refractivity contribution in [1.82, 2.24) is 9.80 Å². The number of carbonyl (C=O) groups excluding carboxylic acids is 1. The van der Waals surface area contributed by atoms with E-state index in [4.69, 9.17) is 5.73 Å². The van der Waals surface area contributed by atoms with E-state index in [1.54, 1.807) is 11.9 Å². The number of hydrogen-bond acceptors (Lipinski definition) is 5. The van der Waals surface area contributed by atoms with Crippen LogP contribution in [0.4, 0.5) is 0 Å². The van der Waals surface area contributed by atoms with Crippen LogP contribution in [0.5, 0.6) is 0 Å². The second-order valence-electron chi connectivity index (χ2n) is 4.94. The molecule has 1 amide bonds. The molecule has 0 saturated carbocycles. The normalized spacial score (nSPS) is 22.3. The van der Waals surface area contributed by atoms with Crippen LogP contribution in [-0.4, -0.2) is 75.4 Å². The van der Waals surface area contributed by atoms with Gasteiger partial charge in [0.15, 0.2) is 9.84 Å². The highest BCUT2D eigenvalue weighted by Crippen LogP contribution is 2.16. The quantitative estimate of drug-likeness (QED) is 0.667. The number of carbonyl (C=O) groups is 1. The molecule has 1 atom stereocenters. The Hall–Kier alpha value is -0.660. The van der Waals surface area contributed by atoms with Crippen molar-refractivity contribution in [1.29, 1.82) is 0 Å². The molecule has 0 aromatic heterocycles. The van der Waals surface area contributed by atoms with Crippen LogP contribution < -0.4 is 5.73 Å². The fourth-order valence-electron chi connectivity index (χ4n) is 2.07. The van der Waals surface area contributed by atoms with Crippen LogP contribution in [0.1, 0.15) is 12.8 Å². The molecule has 7 heteroatoms. The molecule has 1 rings (SSSR count). The highest BCUT2D eigenvalue weighted by atomic mass is 32.2. The van der Waals surface area contributed by atoms with Crippen molar-refractivity contribution in [3.05, 3.63) is 0 Å². The Morgan fingerprint density at radius 2 is 2.06 bits per heavy atom. The van der Waals surface area contributed by atoms with Gasteiger partial charge in [0.05, 0.1) is 18.1 Å². The topological polar surface area (TPSA) is 83.7 Å². The van der Waals surface area contributed by atoms with E-state index in [-0.39, 0.29) is 23.5 Å². The first-order chi connectivity index (χ1) is 8.35. The number of likely N-dealkylation sites (N-methyl/N-ethyl adjacent to an activating group) is 2. The third-order valence-electron chi connectivity index (χ3n) is 3.30. The average Bonchev–Trinajstić information content (AvgIpc) is 2.65. The van der Waals surface area contributed by atoms with Gasteiger partial charge in [0.1, 0.15) is 0 Å². The summed E-state index contributed by atoms with van der Waals surface area (Å²) in [6.45, 7) is 1.70. The smallest absolute Gasteiger partial charge is 0.236 e. The highest BCUT2D eigenvalue weighted by Gasteiger charge is 2.32. The fraction of sp³-hybridized carbons (Fsp3) is 0.909. The largest absolute Gasteiger partial charge is 0.341 e. The number of amides is 1. The summed E-state index contributed by atoms with van der Waals surface area (Å²) in [5, 5.41) is 0. The molecule has 106 valence electrons. The first kappa shape index (κ1) is 15.4. The third kappa shape index (κ3) is 4.55. The SMILES string of the molecule is CN(CCCN)CC(=O)N(C)C1CCS(=O)(=O)C1. The predicted molar refractivity (Wildman–Crippen MR) is 71.0 cm³/mol. The molecule has 0 aromatic carbocycles. The van der Waals surface area contributed by atoms with Gasteiger partial charge < -0.3 is 10.6 Å². The molecular weight excluding hydrogens is 254 g/mol. The first-order valence-electron chi connectivity index (χ1n) is 6.20. The molecule has 2 N–H and O–H groups in total. The lowest BCUT2D eigenvalue weighted by Gasteiger charge is -2.26. The molecule has 1 heterocycles. The Balaban J connectivity index is 2.42. The van der Waals surface area contributed by atoms with Gasteiger partial charge in [-0.1, -0.05) is 0 Å². The number of sulfone groups is 1. The van der Waals surface area contributed by atoms with Gasteiger partial charge in [-0.2, -0.15) is 0 Å². The van der Waals surface area contributed by atoms with E-state index in [0.717, 1.165) is 13.0 Å². The Morgan fingerprint density at radius 1 is 1.39 bits per heavy atom. The number of hydrogen-bond donors (Lipinski definition) is 1. The molecule has 1 aliphatic rings. The maximum atomic E-state index is 12.0. The summed E-state index contributed by atoms with van der Waals surface area (Å²) in [6, 6.07) is -0.162. The summed E-state index contributed by atoms with van der Waals surface area (Å²) < 4.78 is 22.7. The molecule has 0 bridgehead atoms. The molecule has 0 aromatic rings. The molecule has 6 nitrogen and oxygen atoms in total. The van der Waals surface area contributed by atoms with E-state index >= 15 is 0 Å². The zero-order valence-corrected chi connectivity index (χ0v) is 11.9. The van der Waals surface area contributed by atoms with Crippen molar-refractivity contribution in [2.24, 2.45) is 5.73 Å². The van der Waals surface area contributed by atoms with E-state index in [1.165, 1.54) is 0 Å². The molecule has 1 saturated heterocycles. The second kappa shape index (κ2) is 6.49. The molecule has 18 heavy (non-hydrogen) atoms. The molecule has 0 radical (unpaired) electrons. The Bertz CT molecular complexity index is 383. The van der Waals surface area contributed by atoms with Gasteiger partial charge in [0, 0.05) is 13.1 Å². The lowest BCUT2D eigenvalue weighted by molar-refractivity contribution is -0.132. The molecular formula is C11H23N3O3S. The maximum Gasteiger partial charge on any atom is 0.236 e.